The molecule has 0 fully saturated rings. The highest BCUT2D eigenvalue weighted by Crippen LogP contribution is 2.20. The Labute approximate surface area is 153 Å². The van der Waals surface area contributed by atoms with Crippen LogP contribution in [0, 0.1) is 0 Å². The molecular formula is C22H20ClNO. The summed E-state index contributed by atoms with van der Waals surface area (Å²) in [5.74, 6) is 0.851. The number of halogens is 1. The summed E-state index contributed by atoms with van der Waals surface area (Å²) in [6.07, 6.45) is 1.88. The van der Waals surface area contributed by atoms with E-state index in [1.165, 1.54) is 0 Å². The summed E-state index contributed by atoms with van der Waals surface area (Å²) in [5, 5.41) is 0.736. The molecule has 0 aliphatic heterocycles. The van der Waals surface area contributed by atoms with Gasteiger partial charge in [0.15, 0.2) is 0 Å². The highest BCUT2D eigenvalue weighted by Gasteiger charge is 2.03. The fourth-order valence-electron chi connectivity index (χ4n) is 2.44. The molecule has 0 N–H and O–H groups in total. The lowest BCUT2D eigenvalue weighted by Crippen LogP contribution is -1.95. The lowest BCUT2D eigenvalue weighted by molar-refractivity contribution is 0.306. The van der Waals surface area contributed by atoms with Crippen molar-refractivity contribution in [2.24, 2.45) is 4.99 Å². The quantitative estimate of drug-likeness (QED) is 0.493. The van der Waals surface area contributed by atoms with Crippen molar-refractivity contribution in [3.63, 3.8) is 0 Å². The largest absolute Gasteiger partial charge is 0.489 e. The van der Waals surface area contributed by atoms with Crippen molar-refractivity contribution in [2.45, 2.75) is 19.6 Å². The predicted octanol–water partition coefficient (Wildman–Crippen LogP) is 6.10. The second kappa shape index (κ2) is 8.50. The Morgan fingerprint density at radius 3 is 2.44 bits per heavy atom. The van der Waals surface area contributed by atoms with E-state index in [1.54, 1.807) is 0 Å². The molecule has 2 nitrogen and oxygen atoms in total. The van der Waals surface area contributed by atoms with E-state index in [2.05, 4.69) is 24.0 Å². The molecule has 0 aliphatic carbocycles. The van der Waals surface area contributed by atoms with E-state index in [1.807, 2.05) is 72.9 Å². The number of nitrogens with zero attached hydrogens (tertiary/aromatic N) is 1. The Kier molecular flexibility index (Phi) is 5.86. The normalized spacial score (nSPS) is 12.2. The van der Waals surface area contributed by atoms with Crippen LogP contribution >= 0.6 is 11.6 Å². The topological polar surface area (TPSA) is 21.6 Å². The minimum absolute atomic E-state index is 0.0627. The van der Waals surface area contributed by atoms with Gasteiger partial charge in [0, 0.05) is 11.2 Å². The van der Waals surface area contributed by atoms with E-state index >= 15 is 0 Å². The highest BCUT2D eigenvalue weighted by atomic mass is 35.5. The van der Waals surface area contributed by atoms with Gasteiger partial charge >= 0.3 is 0 Å². The minimum Gasteiger partial charge on any atom is -0.489 e. The van der Waals surface area contributed by atoms with E-state index in [0.717, 1.165) is 27.5 Å². The molecule has 3 aromatic carbocycles. The second-order valence-corrected chi connectivity index (χ2v) is 6.29. The maximum absolute atomic E-state index is 6.03. The minimum atomic E-state index is 0.0627. The van der Waals surface area contributed by atoms with Crippen LogP contribution in [0.25, 0.3) is 0 Å². The number of hydrogen-bond acceptors (Lipinski definition) is 2. The molecule has 0 bridgehead atoms. The zero-order valence-electron chi connectivity index (χ0n) is 14.1. The maximum Gasteiger partial charge on any atom is 0.119 e. The molecular weight excluding hydrogens is 330 g/mol. The van der Waals surface area contributed by atoms with Gasteiger partial charge in [-0.1, -0.05) is 54.1 Å². The lowest BCUT2D eigenvalue weighted by atomic mass is 10.1. The molecule has 3 rings (SSSR count). The zero-order valence-corrected chi connectivity index (χ0v) is 14.9. The van der Waals surface area contributed by atoms with Crippen molar-refractivity contribution in [1.82, 2.24) is 0 Å². The molecule has 0 spiro atoms. The maximum atomic E-state index is 6.03. The molecule has 126 valence electrons. The van der Waals surface area contributed by atoms with E-state index in [9.17, 15) is 0 Å². The summed E-state index contributed by atoms with van der Waals surface area (Å²) >= 11 is 6.03. The van der Waals surface area contributed by atoms with Crippen molar-refractivity contribution < 1.29 is 4.74 Å². The SMILES string of the molecule is CC(N=Cc1ccc(OCc2ccccc2)cc1)c1cccc(Cl)c1. The number of ether oxygens (including phenoxy) is 1. The number of benzene rings is 3. The molecule has 0 aromatic heterocycles. The first-order valence-electron chi connectivity index (χ1n) is 8.26. The Bertz CT molecular complexity index is 828. The van der Waals surface area contributed by atoms with Crippen LogP contribution in [0.1, 0.15) is 29.7 Å². The van der Waals surface area contributed by atoms with E-state index in [4.69, 9.17) is 16.3 Å². The summed E-state index contributed by atoms with van der Waals surface area (Å²) in [5.41, 5.74) is 3.30. The molecule has 3 aromatic rings. The van der Waals surface area contributed by atoms with Crippen LogP contribution in [0.4, 0.5) is 0 Å². The monoisotopic (exact) mass is 349 g/mol. The Hall–Kier alpha value is -2.58. The predicted molar refractivity (Wildman–Crippen MR) is 105 cm³/mol. The molecule has 0 amide bonds. The van der Waals surface area contributed by atoms with Crippen LogP contribution in [-0.4, -0.2) is 6.21 Å². The van der Waals surface area contributed by atoms with Gasteiger partial charge < -0.3 is 4.74 Å². The lowest BCUT2D eigenvalue weighted by Gasteiger charge is -2.08. The average Bonchev–Trinajstić information content (AvgIpc) is 2.66. The van der Waals surface area contributed by atoms with Crippen molar-refractivity contribution in [3.05, 3.63) is 101 Å². The third-order valence-corrected chi connectivity index (χ3v) is 4.14. The Morgan fingerprint density at radius 1 is 0.960 bits per heavy atom. The van der Waals surface area contributed by atoms with Crippen molar-refractivity contribution in [1.29, 1.82) is 0 Å². The Morgan fingerprint density at radius 2 is 1.72 bits per heavy atom. The number of rotatable bonds is 6. The van der Waals surface area contributed by atoms with Crippen LogP contribution in [0.15, 0.2) is 83.9 Å². The first kappa shape index (κ1) is 17.2. The average molecular weight is 350 g/mol. The molecule has 0 radical (unpaired) electrons. The first-order valence-corrected chi connectivity index (χ1v) is 8.64. The van der Waals surface area contributed by atoms with Crippen molar-refractivity contribution >= 4 is 17.8 Å². The molecule has 0 saturated carbocycles. The van der Waals surface area contributed by atoms with E-state index < -0.39 is 0 Å². The van der Waals surface area contributed by atoms with Gasteiger partial charge in [-0.15, -0.1) is 0 Å². The van der Waals surface area contributed by atoms with Gasteiger partial charge in [-0.25, -0.2) is 0 Å². The third kappa shape index (κ3) is 5.20. The van der Waals surface area contributed by atoms with Crippen LogP contribution in [0.3, 0.4) is 0 Å². The van der Waals surface area contributed by atoms with Crippen molar-refractivity contribution in [2.75, 3.05) is 0 Å². The smallest absolute Gasteiger partial charge is 0.119 e. The van der Waals surface area contributed by atoms with Gasteiger partial charge in [-0.3, -0.25) is 4.99 Å². The molecule has 0 heterocycles. The molecule has 25 heavy (non-hydrogen) atoms. The van der Waals surface area contributed by atoms with Crippen LogP contribution in [0.5, 0.6) is 5.75 Å². The second-order valence-electron chi connectivity index (χ2n) is 5.85. The summed E-state index contributed by atoms with van der Waals surface area (Å²) in [6.45, 7) is 2.62. The number of hydrogen-bond donors (Lipinski definition) is 0. The number of aliphatic imine (C=N–C) groups is 1. The molecule has 1 unspecified atom stereocenters. The summed E-state index contributed by atoms with van der Waals surface area (Å²) < 4.78 is 5.80. The van der Waals surface area contributed by atoms with Gasteiger partial charge in [-0.05, 0) is 60.0 Å². The van der Waals surface area contributed by atoms with Gasteiger partial charge in [0.2, 0.25) is 0 Å². The molecule has 0 aliphatic rings. The highest BCUT2D eigenvalue weighted by molar-refractivity contribution is 6.30. The van der Waals surface area contributed by atoms with Gasteiger partial charge in [0.05, 0.1) is 6.04 Å². The van der Waals surface area contributed by atoms with Crippen LogP contribution < -0.4 is 4.74 Å². The van der Waals surface area contributed by atoms with E-state index in [-0.39, 0.29) is 6.04 Å². The van der Waals surface area contributed by atoms with Crippen LogP contribution in [-0.2, 0) is 6.61 Å². The van der Waals surface area contributed by atoms with Crippen molar-refractivity contribution in [3.8, 4) is 5.75 Å². The van der Waals surface area contributed by atoms with Gasteiger partial charge in [0.1, 0.15) is 12.4 Å². The third-order valence-electron chi connectivity index (χ3n) is 3.91. The standard InChI is InChI=1S/C22H20ClNO/c1-17(20-8-5-9-21(23)14-20)24-15-18-10-12-22(13-11-18)25-16-19-6-3-2-4-7-19/h2-15,17H,16H2,1H3. The van der Waals surface area contributed by atoms with Gasteiger partial charge in [-0.2, -0.15) is 0 Å². The summed E-state index contributed by atoms with van der Waals surface area (Å²) in [7, 11) is 0. The summed E-state index contributed by atoms with van der Waals surface area (Å²) in [4.78, 5) is 4.60. The molecule has 3 heteroatoms. The fourth-order valence-corrected chi connectivity index (χ4v) is 2.64. The molecule has 0 saturated heterocycles. The van der Waals surface area contributed by atoms with Gasteiger partial charge in [0.25, 0.3) is 0 Å². The fraction of sp³-hybridized carbons (Fsp3) is 0.136. The summed E-state index contributed by atoms with van der Waals surface area (Å²) in [6, 6.07) is 26.0. The van der Waals surface area contributed by atoms with E-state index in [0.29, 0.717) is 6.61 Å². The zero-order chi connectivity index (χ0) is 17.5. The Balaban J connectivity index is 1.58. The first-order chi connectivity index (χ1) is 12.2. The molecule has 1 atom stereocenters. The van der Waals surface area contributed by atoms with Crippen LogP contribution in [0.2, 0.25) is 5.02 Å².